The van der Waals surface area contributed by atoms with Gasteiger partial charge in [-0.2, -0.15) is 13.2 Å². The fourth-order valence-electron chi connectivity index (χ4n) is 1.47. The molecule has 1 aromatic rings. The highest BCUT2D eigenvalue weighted by Gasteiger charge is 2.36. The highest BCUT2D eigenvalue weighted by Crippen LogP contribution is 2.32. The first kappa shape index (κ1) is 16.7. The fraction of sp³-hybridized carbons (Fsp3) is 0.333. The van der Waals surface area contributed by atoms with Gasteiger partial charge in [0, 0.05) is 0 Å². The van der Waals surface area contributed by atoms with Gasteiger partial charge < -0.3 is 16.3 Å². The van der Waals surface area contributed by atoms with Crippen molar-refractivity contribution in [2.24, 2.45) is 10.9 Å². The molecule has 116 valence electrons. The Labute approximate surface area is 117 Å². The lowest BCUT2D eigenvalue weighted by atomic mass is 10.0. The molecule has 0 unspecified atom stereocenters. The summed E-state index contributed by atoms with van der Waals surface area (Å²) < 4.78 is 51.5. The van der Waals surface area contributed by atoms with Crippen molar-refractivity contribution in [3.63, 3.8) is 0 Å². The van der Waals surface area contributed by atoms with E-state index in [1.54, 1.807) is 0 Å². The van der Waals surface area contributed by atoms with Crippen molar-refractivity contribution >= 4 is 11.7 Å². The van der Waals surface area contributed by atoms with Gasteiger partial charge in [-0.1, -0.05) is 11.2 Å². The van der Waals surface area contributed by atoms with Crippen LogP contribution in [0.25, 0.3) is 0 Å². The molecule has 0 fully saturated rings. The summed E-state index contributed by atoms with van der Waals surface area (Å²) in [6.45, 7) is 2.68. The Morgan fingerprint density at radius 1 is 1.33 bits per heavy atom. The zero-order valence-corrected chi connectivity index (χ0v) is 11.1. The van der Waals surface area contributed by atoms with E-state index in [4.69, 9.17) is 10.9 Å². The summed E-state index contributed by atoms with van der Waals surface area (Å²) in [6, 6.07) is 2.35. The molecule has 0 aliphatic carbocycles. The molecule has 0 heterocycles. The van der Waals surface area contributed by atoms with Crippen molar-refractivity contribution in [3.05, 3.63) is 35.1 Å². The molecular weight excluding hydrogens is 294 g/mol. The van der Waals surface area contributed by atoms with Crippen LogP contribution in [-0.2, 0) is 6.18 Å². The van der Waals surface area contributed by atoms with Gasteiger partial charge in [-0.05, 0) is 26.0 Å². The number of oxime groups is 1. The number of benzene rings is 1. The Morgan fingerprint density at radius 2 is 1.90 bits per heavy atom. The number of nitrogens with zero attached hydrogens (tertiary/aromatic N) is 1. The summed E-state index contributed by atoms with van der Waals surface area (Å²) in [7, 11) is 0. The summed E-state index contributed by atoms with van der Waals surface area (Å²) in [4.78, 5) is 11.9. The van der Waals surface area contributed by atoms with E-state index >= 15 is 0 Å². The molecule has 0 atom stereocenters. The van der Waals surface area contributed by atoms with E-state index < -0.39 is 34.6 Å². The van der Waals surface area contributed by atoms with Crippen LogP contribution in [0.3, 0.4) is 0 Å². The van der Waals surface area contributed by atoms with Gasteiger partial charge in [-0.15, -0.1) is 0 Å². The van der Waals surface area contributed by atoms with Gasteiger partial charge in [-0.25, -0.2) is 4.39 Å². The third-order valence-corrected chi connectivity index (χ3v) is 2.72. The Bertz CT molecular complexity index is 582. The first-order valence-electron chi connectivity index (χ1n) is 5.67. The summed E-state index contributed by atoms with van der Waals surface area (Å²) in [5.41, 5.74) is 1.62. The van der Waals surface area contributed by atoms with Crippen molar-refractivity contribution in [2.75, 3.05) is 0 Å². The molecule has 1 amide bonds. The topological polar surface area (TPSA) is 87.7 Å². The fourth-order valence-corrected chi connectivity index (χ4v) is 1.47. The normalized spacial score (nSPS) is 13.1. The van der Waals surface area contributed by atoms with Crippen LogP contribution < -0.4 is 11.1 Å². The smallest absolute Gasteiger partial charge is 0.409 e. The standard InChI is InChI=1S/C12H13F4N3O2/c1-11(2,10(17)19-21)18-9(20)6-4-3-5-7(8(6)13)12(14,15)16/h3-5,21H,1-2H3,(H2,17,19)(H,18,20). The van der Waals surface area contributed by atoms with E-state index in [9.17, 15) is 22.4 Å². The lowest BCUT2D eigenvalue weighted by Gasteiger charge is -2.24. The van der Waals surface area contributed by atoms with Crippen LogP contribution in [0.2, 0.25) is 0 Å². The van der Waals surface area contributed by atoms with Crippen LogP contribution in [0.1, 0.15) is 29.8 Å². The summed E-state index contributed by atoms with van der Waals surface area (Å²) in [5.74, 6) is -3.18. The summed E-state index contributed by atoms with van der Waals surface area (Å²) in [5, 5.41) is 13.4. The molecule has 0 aromatic heterocycles. The van der Waals surface area contributed by atoms with Crippen molar-refractivity contribution in [2.45, 2.75) is 25.6 Å². The molecule has 1 aromatic carbocycles. The van der Waals surface area contributed by atoms with Crippen LogP contribution in [0, 0.1) is 5.82 Å². The minimum Gasteiger partial charge on any atom is -0.409 e. The third kappa shape index (κ3) is 3.61. The van der Waals surface area contributed by atoms with Crippen molar-refractivity contribution in [1.82, 2.24) is 5.32 Å². The van der Waals surface area contributed by atoms with Crippen LogP contribution >= 0.6 is 0 Å². The summed E-state index contributed by atoms with van der Waals surface area (Å²) >= 11 is 0. The van der Waals surface area contributed by atoms with E-state index in [2.05, 4.69) is 10.5 Å². The number of carbonyl (C=O) groups excluding carboxylic acids is 1. The molecule has 5 nitrogen and oxygen atoms in total. The lowest BCUT2D eigenvalue weighted by molar-refractivity contribution is -0.140. The SMILES string of the molecule is CC(C)(NC(=O)c1cccc(C(F)(F)F)c1F)/C(N)=N/O. The minimum atomic E-state index is -4.92. The number of hydrogen-bond donors (Lipinski definition) is 3. The highest BCUT2D eigenvalue weighted by molar-refractivity contribution is 6.00. The van der Waals surface area contributed by atoms with E-state index in [-0.39, 0.29) is 5.84 Å². The van der Waals surface area contributed by atoms with Crippen LogP contribution in [-0.4, -0.2) is 22.5 Å². The molecule has 9 heteroatoms. The maximum Gasteiger partial charge on any atom is 0.419 e. The number of hydrogen-bond acceptors (Lipinski definition) is 3. The number of nitrogens with two attached hydrogens (primary N) is 1. The van der Waals surface area contributed by atoms with Crippen LogP contribution in [0.5, 0.6) is 0 Å². The number of carbonyl (C=O) groups is 1. The zero-order chi connectivity index (χ0) is 16.4. The van der Waals surface area contributed by atoms with Gasteiger partial charge in [0.05, 0.1) is 16.7 Å². The Kier molecular flexibility index (Phi) is 4.45. The van der Waals surface area contributed by atoms with Gasteiger partial charge in [0.2, 0.25) is 0 Å². The molecule has 4 N–H and O–H groups in total. The molecule has 21 heavy (non-hydrogen) atoms. The second kappa shape index (κ2) is 5.58. The lowest BCUT2D eigenvalue weighted by Crippen LogP contribution is -2.53. The van der Waals surface area contributed by atoms with E-state index in [0.29, 0.717) is 6.07 Å². The number of amides is 1. The number of alkyl halides is 3. The van der Waals surface area contributed by atoms with Gasteiger partial charge in [-0.3, -0.25) is 4.79 Å². The quantitative estimate of drug-likeness (QED) is 0.263. The Hall–Kier alpha value is -2.32. The molecule has 0 bridgehead atoms. The van der Waals surface area contributed by atoms with Gasteiger partial charge in [0.15, 0.2) is 5.84 Å². The second-order valence-corrected chi connectivity index (χ2v) is 4.73. The predicted octanol–water partition coefficient (Wildman–Crippen LogP) is 2.10. The van der Waals surface area contributed by atoms with E-state index in [0.717, 1.165) is 12.1 Å². The second-order valence-electron chi connectivity index (χ2n) is 4.73. The van der Waals surface area contributed by atoms with E-state index in [1.807, 2.05) is 0 Å². The molecule has 1 rings (SSSR count). The first-order valence-corrected chi connectivity index (χ1v) is 5.67. The molecule has 0 aliphatic rings. The number of nitrogens with one attached hydrogen (secondary N) is 1. The Morgan fingerprint density at radius 3 is 2.38 bits per heavy atom. The first-order chi connectivity index (χ1) is 9.50. The summed E-state index contributed by atoms with van der Waals surface area (Å²) in [6.07, 6.45) is -4.92. The van der Waals surface area contributed by atoms with Crippen molar-refractivity contribution < 1.29 is 27.6 Å². The molecule has 0 saturated heterocycles. The molecular formula is C12H13F4N3O2. The highest BCUT2D eigenvalue weighted by atomic mass is 19.4. The molecule has 0 spiro atoms. The molecule has 0 saturated carbocycles. The predicted molar refractivity (Wildman–Crippen MR) is 66.4 cm³/mol. The molecule has 0 aliphatic heterocycles. The Balaban J connectivity index is 3.16. The molecule has 0 radical (unpaired) electrons. The maximum absolute atomic E-state index is 13.8. The van der Waals surface area contributed by atoms with Crippen molar-refractivity contribution in [1.29, 1.82) is 0 Å². The van der Waals surface area contributed by atoms with E-state index in [1.165, 1.54) is 13.8 Å². The average Bonchev–Trinajstić information content (AvgIpc) is 2.35. The average molecular weight is 307 g/mol. The van der Waals surface area contributed by atoms with Crippen molar-refractivity contribution in [3.8, 4) is 0 Å². The maximum atomic E-state index is 13.8. The van der Waals surface area contributed by atoms with Gasteiger partial charge >= 0.3 is 6.18 Å². The number of rotatable bonds is 3. The monoisotopic (exact) mass is 307 g/mol. The number of halogens is 4. The largest absolute Gasteiger partial charge is 0.419 e. The van der Waals surface area contributed by atoms with Gasteiger partial charge in [0.1, 0.15) is 5.82 Å². The van der Waals surface area contributed by atoms with Crippen LogP contribution in [0.15, 0.2) is 23.4 Å². The van der Waals surface area contributed by atoms with Gasteiger partial charge in [0.25, 0.3) is 5.91 Å². The van der Waals surface area contributed by atoms with Crippen LogP contribution in [0.4, 0.5) is 17.6 Å². The minimum absolute atomic E-state index is 0.386. The number of amidine groups is 1. The zero-order valence-electron chi connectivity index (χ0n) is 11.1. The third-order valence-electron chi connectivity index (χ3n) is 2.72.